The van der Waals surface area contributed by atoms with Crippen LogP contribution in [-0.4, -0.2) is 18.4 Å². The summed E-state index contributed by atoms with van der Waals surface area (Å²) < 4.78 is 39.8. The van der Waals surface area contributed by atoms with Crippen LogP contribution >= 0.6 is 11.6 Å². The van der Waals surface area contributed by atoms with E-state index in [1.165, 1.54) is 0 Å². The second kappa shape index (κ2) is 4.75. The summed E-state index contributed by atoms with van der Waals surface area (Å²) in [5, 5.41) is -0.125. The molecule has 0 fully saturated rings. The number of carbonyl (C=O) groups is 2. The van der Waals surface area contributed by atoms with Gasteiger partial charge in [0.1, 0.15) is 5.75 Å². The highest BCUT2D eigenvalue weighted by atomic mass is 35.5. The second-order valence-corrected chi connectivity index (χ2v) is 3.52. The van der Waals surface area contributed by atoms with Gasteiger partial charge in [-0.25, -0.2) is 0 Å². The van der Waals surface area contributed by atoms with E-state index in [4.69, 9.17) is 11.6 Å². The fraction of sp³-hybridized carbons (Fsp3) is 0.200. The third-order valence-electron chi connectivity index (χ3n) is 1.83. The first kappa shape index (κ1) is 13.5. The predicted molar refractivity (Wildman–Crippen MR) is 53.5 cm³/mol. The molecular formula is C10H6ClF3O3. The summed E-state index contributed by atoms with van der Waals surface area (Å²) in [5.74, 6) is -1.37. The van der Waals surface area contributed by atoms with Crippen LogP contribution in [-0.2, 0) is 0 Å². The van der Waals surface area contributed by atoms with Gasteiger partial charge in [-0.05, 0) is 19.1 Å². The quantitative estimate of drug-likeness (QED) is 0.623. The molecule has 0 heterocycles. The highest BCUT2D eigenvalue weighted by molar-refractivity contribution is 6.31. The van der Waals surface area contributed by atoms with Crippen molar-refractivity contribution in [1.82, 2.24) is 0 Å². The zero-order valence-corrected chi connectivity index (χ0v) is 9.22. The van der Waals surface area contributed by atoms with E-state index in [1.54, 1.807) is 0 Å². The molecule has 0 N–H and O–H groups in total. The zero-order chi connectivity index (χ0) is 13.2. The lowest BCUT2D eigenvalue weighted by Gasteiger charge is -2.13. The molecule has 1 aromatic rings. The number of benzene rings is 1. The molecule has 92 valence electrons. The fourth-order valence-corrected chi connectivity index (χ4v) is 1.42. The van der Waals surface area contributed by atoms with Gasteiger partial charge in [-0.1, -0.05) is 11.6 Å². The molecular weight excluding hydrogens is 261 g/mol. The third-order valence-corrected chi connectivity index (χ3v) is 2.05. The summed E-state index contributed by atoms with van der Waals surface area (Å²) in [6.07, 6.45) is -4.84. The van der Waals surface area contributed by atoms with Crippen LogP contribution in [0.25, 0.3) is 0 Å². The maximum absolute atomic E-state index is 12.1. The molecule has 0 saturated heterocycles. The van der Waals surface area contributed by atoms with Crippen LogP contribution in [0.4, 0.5) is 13.2 Å². The van der Waals surface area contributed by atoms with Gasteiger partial charge in [0.25, 0.3) is 0 Å². The molecule has 0 atom stereocenters. The smallest absolute Gasteiger partial charge is 0.405 e. The van der Waals surface area contributed by atoms with Gasteiger partial charge in [-0.2, -0.15) is 0 Å². The Bertz CT molecular complexity index is 469. The van der Waals surface area contributed by atoms with Crippen LogP contribution in [0.5, 0.6) is 5.75 Å². The summed E-state index contributed by atoms with van der Waals surface area (Å²) in [5.41, 5.74) is -0.689. The van der Waals surface area contributed by atoms with E-state index in [0.717, 1.165) is 19.1 Å². The SMILES string of the molecule is CC(=O)c1cc(Cl)cc(OC(F)(F)F)c1C=O. The number of aldehydes is 1. The Kier molecular flexibility index (Phi) is 3.77. The summed E-state index contributed by atoms with van der Waals surface area (Å²) in [6, 6.07) is 1.93. The highest BCUT2D eigenvalue weighted by Gasteiger charge is 2.33. The Morgan fingerprint density at radius 1 is 1.41 bits per heavy atom. The predicted octanol–water partition coefficient (Wildman–Crippen LogP) is 3.25. The first-order valence-electron chi connectivity index (χ1n) is 4.30. The van der Waals surface area contributed by atoms with Crippen molar-refractivity contribution in [3.8, 4) is 5.75 Å². The van der Waals surface area contributed by atoms with E-state index in [0.29, 0.717) is 0 Å². The Morgan fingerprint density at radius 3 is 2.41 bits per heavy atom. The molecule has 0 spiro atoms. The average Bonchev–Trinajstić information content (AvgIpc) is 2.14. The number of ketones is 1. The molecule has 3 nitrogen and oxygen atoms in total. The molecule has 0 aliphatic heterocycles. The number of carbonyl (C=O) groups excluding carboxylic acids is 2. The first-order valence-corrected chi connectivity index (χ1v) is 4.68. The Hall–Kier alpha value is -1.56. The van der Waals surface area contributed by atoms with Crippen molar-refractivity contribution in [3.63, 3.8) is 0 Å². The minimum Gasteiger partial charge on any atom is -0.405 e. The average molecular weight is 267 g/mol. The van der Waals surface area contributed by atoms with Crippen molar-refractivity contribution in [3.05, 3.63) is 28.3 Å². The molecule has 0 aromatic heterocycles. The Morgan fingerprint density at radius 2 is 2.00 bits per heavy atom. The number of hydrogen-bond acceptors (Lipinski definition) is 3. The fourth-order valence-electron chi connectivity index (χ4n) is 1.21. The van der Waals surface area contributed by atoms with Crippen molar-refractivity contribution in [1.29, 1.82) is 0 Å². The maximum atomic E-state index is 12.1. The summed E-state index contributed by atoms with van der Waals surface area (Å²) >= 11 is 5.54. The molecule has 0 bridgehead atoms. The van der Waals surface area contributed by atoms with Crippen LogP contribution in [0.2, 0.25) is 5.02 Å². The molecule has 7 heteroatoms. The molecule has 0 unspecified atom stereocenters. The Labute approximate surface area is 99.1 Å². The lowest BCUT2D eigenvalue weighted by Crippen LogP contribution is -2.19. The lowest BCUT2D eigenvalue weighted by atomic mass is 10.0. The Balaban J connectivity index is 3.38. The van der Waals surface area contributed by atoms with Gasteiger partial charge in [-0.15, -0.1) is 13.2 Å². The lowest BCUT2D eigenvalue weighted by molar-refractivity contribution is -0.274. The molecule has 0 amide bonds. The van der Waals surface area contributed by atoms with Crippen LogP contribution in [0.3, 0.4) is 0 Å². The number of hydrogen-bond donors (Lipinski definition) is 0. The minimum atomic E-state index is -4.96. The van der Waals surface area contributed by atoms with Crippen LogP contribution in [0.1, 0.15) is 27.6 Å². The van der Waals surface area contributed by atoms with Gasteiger partial charge < -0.3 is 4.74 Å². The topological polar surface area (TPSA) is 43.4 Å². The van der Waals surface area contributed by atoms with Gasteiger partial charge in [0.05, 0.1) is 5.56 Å². The molecule has 1 aromatic carbocycles. The number of halogens is 4. The van der Waals surface area contributed by atoms with Crippen molar-refractivity contribution >= 4 is 23.7 Å². The van der Waals surface area contributed by atoms with E-state index in [2.05, 4.69) is 4.74 Å². The van der Waals surface area contributed by atoms with E-state index in [1.807, 2.05) is 0 Å². The number of ether oxygens (including phenoxy) is 1. The molecule has 0 aliphatic rings. The molecule has 0 aliphatic carbocycles. The number of alkyl halides is 3. The second-order valence-electron chi connectivity index (χ2n) is 3.09. The summed E-state index contributed by atoms with van der Waals surface area (Å²) in [7, 11) is 0. The van der Waals surface area contributed by atoms with Crippen molar-refractivity contribution < 1.29 is 27.5 Å². The van der Waals surface area contributed by atoms with Gasteiger partial charge >= 0.3 is 6.36 Å². The molecule has 1 rings (SSSR count). The maximum Gasteiger partial charge on any atom is 0.573 e. The molecule has 17 heavy (non-hydrogen) atoms. The van der Waals surface area contributed by atoms with Crippen LogP contribution < -0.4 is 4.74 Å². The summed E-state index contributed by atoms with van der Waals surface area (Å²) in [6.45, 7) is 1.11. The number of Topliss-reactive ketones (excluding diaryl/α,β-unsaturated/α-hetero) is 1. The van der Waals surface area contributed by atoms with E-state index in [-0.39, 0.29) is 16.9 Å². The molecule has 0 saturated carbocycles. The van der Waals surface area contributed by atoms with Crippen molar-refractivity contribution in [2.45, 2.75) is 13.3 Å². The van der Waals surface area contributed by atoms with Gasteiger partial charge in [0, 0.05) is 10.6 Å². The van der Waals surface area contributed by atoms with Gasteiger partial charge in [0.15, 0.2) is 12.1 Å². The van der Waals surface area contributed by atoms with Crippen LogP contribution in [0, 0.1) is 0 Å². The molecule has 0 radical (unpaired) electrons. The van der Waals surface area contributed by atoms with Gasteiger partial charge in [0.2, 0.25) is 0 Å². The minimum absolute atomic E-state index is 0.119. The number of rotatable bonds is 3. The van der Waals surface area contributed by atoms with Crippen molar-refractivity contribution in [2.75, 3.05) is 0 Å². The zero-order valence-electron chi connectivity index (χ0n) is 8.47. The van der Waals surface area contributed by atoms with E-state index < -0.39 is 23.5 Å². The van der Waals surface area contributed by atoms with Crippen molar-refractivity contribution in [2.24, 2.45) is 0 Å². The van der Waals surface area contributed by atoms with E-state index in [9.17, 15) is 22.8 Å². The summed E-state index contributed by atoms with van der Waals surface area (Å²) in [4.78, 5) is 21.8. The van der Waals surface area contributed by atoms with Gasteiger partial charge in [-0.3, -0.25) is 9.59 Å². The normalized spacial score (nSPS) is 11.1. The van der Waals surface area contributed by atoms with E-state index >= 15 is 0 Å². The largest absolute Gasteiger partial charge is 0.573 e. The monoisotopic (exact) mass is 266 g/mol. The highest BCUT2D eigenvalue weighted by Crippen LogP contribution is 2.31. The standard InChI is InChI=1S/C10H6ClF3O3/c1-5(16)7-2-6(11)3-9(8(7)4-15)17-10(12,13)14/h2-4H,1H3. The first-order chi connectivity index (χ1) is 7.74. The van der Waals surface area contributed by atoms with Crippen LogP contribution in [0.15, 0.2) is 12.1 Å². The third kappa shape index (κ3) is 3.45.